The van der Waals surface area contributed by atoms with Crippen molar-refractivity contribution in [1.29, 1.82) is 0 Å². The molecule has 1 aliphatic heterocycles. The zero-order valence-electron chi connectivity index (χ0n) is 25.5. The van der Waals surface area contributed by atoms with Crippen molar-refractivity contribution in [3.05, 3.63) is 76.1 Å². The molecule has 1 aromatic carbocycles. The summed E-state index contributed by atoms with van der Waals surface area (Å²) in [6.07, 6.45) is 14.0. The molecule has 5 rings (SSSR count). The third-order valence-electron chi connectivity index (χ3n) is 9.29. The maximum Gasteiger partial charge on any atom is 0.163 e. The molecule has 4 heteroatoms. The number of hydrogen-bond acceptors (Lipinski definition) is 4. The summed E-state index contributed by atoms with van der Waals surface area (Å²) in [6, 6.07) is 4.19. The highest BCUT2D eigenvalue weighted by Crippen LogP contribution is 2.49. The molecule has 1 heterocycles. The van der Waals surface area contributed by atoms with Crippen LogP contribution in [0.15, 0.2) is 59.4 Å². The van der Waals surface area contributed by atoms with Crippen molar-refractivity contribution in [2.75, 3.05) is 20.3 Å². The fraction of sp³-hybridized carbons (Fsp3) is 0.583. The lowest BCUT2D eigenvalue weighted by Crippen LogP contribution is -2.20. The molecule has 0 N–H and O–H groups in total. The number of allylic oxidation sites excluding steroid dienone is 6. The van der Waals surface area contributed by atoms with Gasteiger partial charge < -0.3 is 14.2 Å². The number of benzene rings is 1. The van der Waals surface area contributed by atoms with Crippen molar-refractivity contribution in [1.82, 2.24) is 0 Å². The predicted molar refractivity (Wildman–Crippen MR) is 162 cm³/mol. The summed E-state index contributed by atoms with van der Waals surface area (Å²) in [5.41, 5.74) is 6.64. The van der Waals surface area contributed by atoms with Gasteiger partial charge >= 0.3 is 0 Å². The first-order valence-corrected chi connectivity index (χ1v) is 15.5. The minimum absolute atomic E-state index is 0.0275. The normalized spacial score (nSPS) is 23.5. The summed E-state index contributed by atoms with van der Waals surface area (Å²) in [6.45, 7) is 17.0. The van der Waals surface area contributed by atoms with Gasteiger partial charge in [0.25, 0.3) is 0 Å². The Labute approximate surface area is 241 Å². The summed E-state index contributed by atoms with van der Waals surface area (Å²) in [5.74, 6) is 3.26. The summed E-state index contributed by atoms with van der Waals surface area (Å²) in [4.78, 5) is 13.9. The van der Waals surface area contributed by atoms with Crippen LogP contribution in [0.5, 0.6) is 5.75 Å². The number of ketones is 1. The number of methoxy groups -OCH3 is 1. The van der Waals surface area contributed by atoms with Crippen molar-refractivity contribution in [2.45, 2.75) is 97.0 Å². The van der Waals surface area contributed by atoms with Crippen LogP contribution >= 0.6 is 0 Å². The Morgan fingerprint density at radius 1 is 1.05 bits per heavy atom. The Kier molecular flexibility index (Phi) is 8.47. The molecule has 40 heavy (non-hydrogen) atoms. The standard InChI is InChI=1S/C36H48O4/c1-8-28(9-2)40-34-21-29-22(3)25(16-26(29)17-30(34)23-10-11-23)20-33(37)27-18-31(24-12-14-39-15-13-24)35(38-7)32(19-27)36(4,5)6/h16-19,21,23-25,28-29H,3,8-15,20H2,1-2,4-7H3. The predicted octanol–water partition coefficient (Wildman–Crippen LogP) is 8.63. The molecule has 2 atom stereocenters. The molecule has 216 valence electrons. The summed E-state index contributed by atoms with van der Waals surface area (Å²) in [7, 11) is 1.75. The monoisotopic (exact) mass is 544 g/mol. The Hall–Kier alpha value is -2.59. The second-order valence-corrected chi connectivity index (χ2v) is 13.2. The molecule has 1 aromatic rings. The minimum atomic E-state index is -0.143. The highest BCUT2D eigenvalue weighted by Gasteiger charge is 2.38. The van der Waals surface area contributed by atoms with Crippen LogP contribution in [0.2, 0.25) is 0 Å². The number of hydrogen-bond donors (Lipinski definition) is 0. The molecule has 1 saturated carbocycles. The maximum atomic E-state index is 13.9. The fourth-order valence-corrected chi connectivity index (χ4v) is 6.60. The Balaban J connectivity index is 1.42. The fourth-order valence-electron chi connectivity index (χ4n) is 6.60. The molecule has 0 amide bonds. The first-order valence-electron chi connectivity index (χ1n) is 15.5. The van der Waals surface area contributed by atoms with Crippen LogP contribution in [-0.4, -0.2) is 32.2 Å². The average molecular weight is 545 g/mol. The van der Waals surface area contributed by atoms with E-state index in [1.54, 1.807) is 7.11 Å². The topological polar surface area (TPSA) is 44.8 Å². The molecule has 4 aliphatic rings. The van der Waals surface area contributed by atoms with E-state index in [2.05, 4.69) is 71.6 Å². The van der Waals surface area contributed by atoms with Gasteiger partial charge in [0.05, 0.1) is 13.2 Å². The van der Waals surface area contributed by atoms with Gasteiger partial charge in [0.2, 0.25) is 0 Å². The zero-order valence-corrected chi connectivity index (χ0v) is 25.5. The lowest BCUT2D eigenvalue weighted by molar-refractivity contribution is 0.0847. The largest absolute Gasteiger partial charge is 0.496 e. The van der Waals surface area contributed by atoms with Crippen molar-refractivity contribution >= 4 is 5.78 Å². The summed E-state index contributed by atoms with van der Waals surface area (Å²) < 4.78 is 18.2. The van der Waals surface area contributed by atoms with Gasteiger partial charge in [-0.15, -0.1) is 0 Å². The van der Waals surface area contributed by atoms with Gasteiger partial charge in [-0.2, -0.15) is 0 Å². The highest BCUT2D eigenvalue weighted by molar-refractivity contribution is 5.97. The van der Waals surface area contributed by atoms with Crippen LogP contribution in [0, 0.1) is 17.8 Å². The van der Waals surface area contributed by atoms with Gasteiger partial charge in [-0.3, -0.25) is 4.79 Å². The third-order valence-corrected chi connectivity index (χ3v) is 9.29. The molecule has 0 spiro atoms. The Morgan fingerprint density at radius 3 is 2.35 bits per heavy atom. The van der Waals surface area contributed by atoms with Crippen LogP contribution in [0.1, 0.15) is 107 Å². The van der Waals surface area contributed by atoms with Crippen molar-refractivity contribution in [2.24, 2.45) is 17.8 Å². The molecule has 1 saturated heterocycles. The number of rotatable bonds is 10. The summed E-state index contributed by atoms with van der Waals surface area (Å²) >= 11 is 0. The molecule has 4 nitrogen and oxygen atoms in total. The van der Waals surface area contributed by atoms with E-state index in [1.165, 1.54) is 24.0 Å². The van der Waals surface area contributed by atoms with Gasteiger partial charge in [-0.05, 0) is 90.7 Å². The van der Waals surface area contributed by atoms with Gasteiger partial charge in [0.15, 0.2) is 5.78 Å². The second kappa shape index (κ2) is 11.7. The van der Waals surface area contributed by atoms with E-state index in [-0.39, 0.29) is 29.1 Å². The van der Waals surface area contributed by atoms with E-state index in [0.29, 0.717) is 18.3 Å². The van der Waals surface area contributed by atoms with Crippen LogP contribution in [-0.2, 0) is 14.9 Å². The first-order chi connectivity index (χ1) is 19.1. The Bertz CT molecular complexity index is 1230. The number of Topliss-reactive ketones (excluding diaryl/α,β-unsaturated/α-hetero) is 1. The molecule has 0 bridgehead atoms. The van der Waals surface area contributed by atoms with Crippen LogP contribution < -0.4 is 4.74 Å². The van der Waals surface area contributed by atoms with E-state index >= 15 is 0 Å². The van der Waals surface area contributed by atoms with E-state index in [0.717, 1.165) is 72.7 Å². The number of carbonyl (C=O) groups is 1. The highest BCUT2D eigenvalue weighted by atomic mass is 16.5. The molecular formula is C36H48O4. The van der Waals surface area contributed by atoms with E-state index < -0.39 is 0 Å². The molecule has 2 fully saturated rings. The van der Waals surface area contributed by atoms with Crippen LogP contribution in [0.3, 0.4) is 0 Å². The minimum Gasteiger partial charge on any atom is -0.496 e. The molecule has 0 radical (unpaired) electrons. The maximum absolute atomic E-state index is 13.9. The zero-order chi connectivity index (χ0) is 28.6. The third kappa shape index (κ3) is 5.88. The van der Waals surface area contributed by atoms with Gasteiger partial charge in [-0.1, -0.05) is 58.9 Å². The van der Waals surface area contributed by atoms with Crippen LogP contribution in [0.4, 0.5) is 0 Å². The quantitative estimate of drug-likeness (QED) is 0.218. The summed E-state index contributed by atoms with van der Waals surface area (Å²) in [5, 5.41) is 0. The average Bonchev–Trinajstić information content (AvgIpc) is 3.75. The van der Waals surface area contributed by atoms with Crippen LogP contribution in [0.25, 0.3) is 0 Å². The van der Waals surface area contributed by atoms with E-state index in [4.69, 9.17) is 14.2 Å². The van der Waals surface area contributed by atoms with Gasteiger partial charge in [-0.25, -0.2) is 0 Å². The smallest absolute Gasteiger partial charge is 0.163 e. The lowest BCUT2D eigenvalue weighted by Gasteiger charge is -2.30. The molecular weight excluding hydrogens is 496 g/mol. The van der Waals surface area contributed by atoms with E-state index in [9.17, 15) is 4.79 Å². The number of fused-ring (bicyclic) bond motifs is 1. The number of ether oxygens (including phenoxy) is 3. The second-order valence-electron chi connectivity index (χ2n) is 13.2. The van der Waals surface area contributed by atoms with Gasteiger partial charge in [0, 0.05) is 42.6 Å². The molecule has 3 aliphatic carbocycles. The molecule has 2 unspecified atom stereocenters. The van der Waals surface area contributed by atoms with Crippen molar-refractivity contribution in [3.63, 3.8) is 0 Å². The van der Waals surface area contributed by atoms with Crippen molar-refractivity contribution < 1.29 is 19.0 Å². The van der Waals surface area contributed by atoms with Crippen molar-refractivity contribution in [3.8, 4) is 5.75 Å². The first kappa shape index (κ1) is 28.9. The van der Waals surface area contributed by atoms with E-state index in [1.807, 2.05) is 0 Å². The van der Waals surface area contributed by atoms with Gasteiger partial charge in [0.1, 0.15) is 11.5 Å². The lowest BCUT2D eigenvalue weighted by atomic mass is 9.79. The number of carbonyl (C=O) groups excluding carboxylic acids is 1. The molecule has 0 aromatic heterocycles. The SMILES string of the molecule is C=C1C(CC(=O)c2cc(C3CCOCC3)c(OC)c(C(C)(C)C)c2)C=C2C=C(C3CC3)C(OC(CC)CC)=CC12. The Morgan fingerprint density at radius 2 is 1.75 bits per heavy atom.